The fourth-order valence-electron chi connectivity index (χ4n) is 4.54. The molecule has 0 atom stereocenters. The van der Waals surface area contributed by atoms with Crippen molar-refractivity contribution in [2.45, 2.75) is 52.2 Å². The van der Waals surface area contributed by atoms with Gasteiger partial charge in [-0.1, -0.05) is 0 Å². The van der Waals surface area contributed by atoms with Gasteiger partial charge in [0.25, 0.3) is 5.91 Å². The van der Waals surface area contributed by atoms with Crippen LogP contribution in [-0.4, -0.2) is 75.0 Å². The van der Waals surface area contributed by atoms with Gasteiger partial charge in [-0.05, 0) is 52.7 Å². The number of anilines is 2. The number of ether oxygens (including phenoxy) is 2. The van der Waals surface area contributed by atoms with Crippen LogP contribution in [0, 0.1) is 5.82 Å². The minimum Gasteiger partial charge on any atom is -0.480 e. The molecule has 3 heterocycles. The number of benzene rings is 1. The summed E-state index contributed by atoms with van der Waals surface area (Å²) in [5.74, 6) is -0.516. The number of nitrogens with zero attached hydrogens (tertiary/aromatic N) is 6. The molecule has 1 aliphatic rings. The summed E-state index contributed by atoms with van der Waals surface area (Å²) in [4.78, 5) is 38.2. The number of rotatable bonds is 6. The van der Waals surface area contributed by atoms with Crippen LogP contribution in [0.3, 0.4) is 0 Å². The number of hydrogen-bond donors (Lipinski definition) is 1. The maximum Gasteiger partial charge on any atom is 0.410 e. The number of halogens is 1. The summed E-state index contributed by atoms with van der Waals surface area (Å²) in [6.07, 6.45) is 4.22. The van der Waals surface area contributed by atoms with Gasteiger partial charge < -0.3 is 24.6 Å². The molecule has 2 amide bonds. The van der Waals surface area contributed by atoms with E-state index in [1.807, 2.05) is 32.6 Å². The third-order valence-corrected chi connectivity index (χ3v) is 6.27. The SMILES string of the molecule is CCN(c1ncc(C(=O)Nc2cc(F)c3nn(C)cc3c2)c(OC)n1)C1CCN(C(=O)OC(C)(C)C)CC1. The highest BCUT2D eigenvalue weighted by Crippen LogP contribution is 2.27. The lowest BCUT2D eigenvalue weighted by Gasteiger charge is -2.38. The summed E-state index contributed by atoms with van der Waals surface area (Å²) in [5.41, 5.74) is 0.0961. The van der Waals surface area contributed by atoms with E-state index < -0.39 is 17.3 Å². The first-order valence-electron chi connectivity index (χ1n) is 12.6. The van der Waals surface area contributed by atoms with Gasteiger partial charge in [-0.15, -0.1) is 0 Å². The molecule has 1 N–H and O–H groups in total. The van der Waals surface area contributed by atoms with Crippen molar-refractivity contribution in [2.24, 2.45) is 7.05 Å². The lowest BCUT2D eigenvalue weighted by molar-refractivity contribution is 0.0204. The second-order valence-corrected chi connectivity index (χ2v) is 10.2. The molecule has 0 radical (unpaired) electrons. The van der Waals surface area contributed by atoms with Gasteiger partial charge in [0.1, 0.15) is 16.7 Å². The molecule has 0 aliphatic carbocycles. The standard InChI is InChI=1S/C26H34FN7O4/c1-7-34(18-8-10-33(11-9-18)25(36)38-26(2,3)4)24-28-14-19(23(30-24)37-6)22(35)29-17-12-16-15-32(5)31-21(16)20(27)13-17/h12-15,18H,7-11H2,1-6H3,(H,29,35). The zero-order chi connectivity index (χ0) is 27.6. The van der Waals surface area contributed by atoms with E-state index in [1.54, 1.807) is 24.2 Å². The van der Waals surface area contributed by atoms with Crippen LogP contribution in [0.4, 0.5) is 20.8 Å². The Morgan fingerprint density at radius 1 is 1.24 bits per heavy atom. The third kappa shape index (κ3) is 5.95. The molecule has 4 rings (SSSR count). The average molecular weight is 528 g/mol. The number of hydrogen-bond acceptors (Lipinski definition) is 8. The van der Waals surface area contributed by atoms with Gasteiger partial charge >= 0.3 is 6.09 Å². The van der Waals surface area contributed by atoms with Crippen LogP contribution in [-0.2, 0) is 11.8 Å². The van der Waals surface area contributed by atoms with Gasteiger partial charge in [0, 0.05) is 56.2 Å². The molecule has 1 saturated heterocycles. The van der Waals surface area contributed by atoms with Crippen LogP contribution in [0.25, 0.3) is 10.9 Å². The second-order valence-electron chi connectivity index (χ2n) is 10.2. The number of aromatic nitrogens is 4. The van der Waals surface area contributed by atoms with Crippen LogP contribution in [0.5, 0.6) is 5.88 Å². The topological polar surface area (TPSA) is 115 Å². The Kier molecular flexibility index (Phi) is 7.70. The van der Waals surface area contributed by atoms with Crippen LogP contribution in [0.2, 0.25) is 0 Å². The predicted octanol–water partition coefficient (Wildman–Crippen LogP) is 3.99. The molecule has 0 bridgehead atoms. The molecule has 1 fully saturated rings. The van der Waals surface area contributed by atoms with E-state index in [1.165, 1.54) is 24.1 Å². The van der Waals surface area contributed by atoms with E-state index in [2.05, 4.69) is 20.4 Å². The highest BCUT2D eigenvalue weighted by atomic mass is 19.1. The predicted molar refractivity (Wildman–Crippen MR) is 141 cm³/mol. The Hall–Kier alpha value is -3.96. The molecule has 11 nitrogen and oxygen atoms in total. The summed E-state index contributed by atoms with van der Waals surface area (Å²) in [7, 11) is 3.13. The molecular formula is C26H34FN7O4. The molecule has 12 heteroatoms. The van der Waals surface area contributed by atoms with Gasteiger partial charge in [-0.3, -0.25) is 9.48 Å². The lowest BCUT2D eigenvalue weighted by atomic mass is 10.0. The fourth-order valence-corrected chi connectivity index (χ4v) is 4.54. The molecule has 0 unspecified atom stereocenters. The Bertz CT molecular complexity index is 1330. The monoisotopic (exact) mass is 527 g/mol. The number of methoxy groups -OCH3 is 1. The number of fused-ring (bicyclic) bond motifs is 1. The Labute approximate surface area is 220 Å². The van der Waals surface area contributed by atoms with Gasteiger partial charge in [0.2, 0.25) is 11.8 Å². The summed E-state index contributed by atoms with van der Waals surface area (Å²) in [6.45, 7) is 9.31. The Morgan fingerprint density at radius 2 is 1.95 bits per heavy atom. The van der Waals surface area contributed by atoms with Crippen molar-refractivity contribution in [3.63, 3.8) is 0 Å². The molecule has 3 aromatic rings. The lowest BCUT2D eigenvalue weighted by Crippen LogP contribution is -2.48. The van der Waals surface area contributed by atoms with E-state index in [4.69, 9.17) is 9.47 Å². The number of likely N-dealkylation sites (tertiary alicyclic amines) is 1. The highest BCUT2D eigenvalue weighted by molar-refractivity contribution is 6.06. The van der Waals surface area contributed by atoms with Crippen LogP contribution in [0.15, 0.2) is 24.5 Å². The van der Waals surface area contributed by atoms with Crippen LogP contribution in [0.1, 0.15) is 50.9 Å². The van der Waals surface area contributed by atoms with Crippen molar-refractivity contribution in [1.29, 1.82) is 0 Å². The van der Waals surface area contributed by atoms with Crippen LogP contribution >= 0.6 is 0 Å². The van der Waals surface area contributed by atoms with Crippen LogP contribution < -0.4 is 15.0 Å². The van der Waals surface area contributed by atoms with Crippen molar-refractivity contribution < 1.29 is 23.5 Å². The number of piperidine rings is 1. The smallest absolute Gasteiger partial charge is 0.410 e. The molecular weight excluding hydrogens is 493 g/mol. The first-order valence-corrected chi connectivity index (χ1v) is 12.6. The first kappa shape index (κ1) is 27.1. The molecule has 1 aromatic carbocycles. The zero-order valence-electron chi connectivity index (χ0n) is 22.6. The van der Waals surface area contributed by atoms with Gasteiger partial charge in [-0.2, -0.15) is 10.1 Å². The zero-order valence-corrected chi connectivity index (χ0v) is 22.6. The third-order valence-electron chi connectivity index (χ3n) is 6.27. The highest BCUT2D eigenvalue weighted by Gasteiger charge is 2.30. The van der Waals surface area contributed by atoms with Crippen molar-refractivity contribution in [3.05, 3.63) is 35.9 Å². The summed E-state index contributed by atoms with van der Waals surface area (Å²) < 4.78 is 26.9. The number of aryl methyl sites for hydroxylation is 1. The maximum absolute atomic E-state index is 14.4. The van der Waals surface area contributed by atoms with E-state index in [0.29, 0.717) is 31.0 Å². The molecule has 0 saturated carbocycles. The van der Waals surface area contributed by atoms with Gasteiger partial charge in [-0.25, -0.2) is 14.2 Å². The molecule has 204 valence electrons. The number of nitrogens with one attached hydrogen (secondary N) is 1. The summed E-state index contributed by atoms with van der Waals surface area (Å²) >= 11 is 0. The quantitative estimate of drug-likeness (QED) is 0.512. The fraction of sp³-hybridized carbons (Fsp3) is 0.500. The second kappa shape index (κ2) is 10.8. The molecule has 0 spiro atoms. The average Bonchev–Trinajstić information content (AvgIpc) is 3.24. The number of amides is 2. The van der Waals surface area contributed by atoms with Crippen molar-refractivity contribution >= 4 is 34.5 Å². The normalized spacial score (nSPS) is 14.4. The number of carbonyl (C=O) groups excluding carboxylic acids is 2. The van der Waals surface area contributed by atoms with Gasteiger partial charge in [0.05, 0.1) is 7.11 Å². The molecule has 1 aliphatic heterocycles. The molecule has 38 heavy (non-hydrogen) atoms. The largest absolute Gasteiger partial charge is 0.480 e. The first-order chi connectivity index (χ1) is 18.0. The van der Waals surface area contributed by atoms with E-state index in [0.717, 1.165) is 12.8 Å². The van der Waals surface area contributed by atoms with Gasteiger partial charge in [0.15, 0.2) is 5.82 Å². The Morgan fingerprint density at radius 3 is 2.58 bits per heavy atom. The maximum atomic E-state index is 14.4. The number of carbonyl (C=O) groups is 2. The van der Waals surface area contributed by atoms with E-state index in [-0.39, 0.29) is 34.8 Å². The van der Waals surface area contributed by atoms with Crippen molar-refractivity contribution in [3.8, 4) is 5.88 Å². The van der Waals surface area contributed by atoms with E-state index >= 15 is 0 Å². The minimum atomic E-state index is -0.540. The van der Waals surface area contributed by atoms with Crippen molar-refractivity contribution in [1.82, 2.24) is 24.6 Å². The van der Waals surface area contributed by atoms with Crippen molar-refractivity contribution in [2.75, 3.05) is 37.0 Å². The minimum absolute atomic E-state index is 0.109. The summed E-state index contributed by atoms with van der Waals surface area (Å²) in [5, 5.41) is 7.34. The summed E-state index contributed by atoms with van der Waals surface area (Å²) in [6, 6.07) is 2.97. The van der Waals surface area contributed by atoms with E-state index in [9.17, 15) is 14.0 Å². The molecule has 2 aromatic heterocycles. The Balaban J connectivity index is 1.47.